The lowest BCUT2D eigenvalue weighted by molar-refractivity contribution is 0.101. The lowest BCUT2D eigenvalue weighted by Crippen LogP contribution is -2.20. The van der Waals surface area contributed by atoms with Crippen molar-refractivity contribution in [1.29, 1.82) is 0 Å². The molecule has 6 heteroatoms. The fourth-order valence-electron chi connectivity index (χ4n) is 2.07. The summed E-state index contributed by atoms with van der Waals surface area (Å²) in [6.07, 6.45) is 0. The number of hydrogen-bond donors (Lipinski definition) is 2. The summed E-state index contributed by atoms with van der Waals surface area (Å²) >= 11 is 3.32. The van der Waals surface area contributed by atoms with Gasteiger partial charge in [0.2, 0.25) is 0 Å². The van der Waals surface area contributed by atoms with Crippen LogP contribution in [-0.4, -0.2) is 19.1 Å². The van der Waals surface area contributed by atoms with Crippen LogP contribution in [0.3, 0.4) is 0 Å². The van der Waals surface area contributed by atoms with E-state index in [1.54, 1.807) is 36.4 Å². The summed E-state index contributed by atoms with van der Waals surface area (Å²) in [6, 6.07) is 10.5. The lowest BCUT2D eigenvalue weighted by Gasteiger charge is -2.20. The second-order valence-corrected chi connectivity index (χ2v) is 5.37. The van der Waals surface area contributed by atoms with Crippen molar-refractivity contribution >= 4 is 33.2 Å². The number of anilines is 2. The lowest BCUT2D eigenvalue weighted by atomic mass is 10.1. The number of nitrogens with one attached hydrogen (secondary N) is 1. The number of fused-ring (bicyclic) bond motifs is 1. The smallest absolute Gasteiger partial charge is 0.259 e. The van der Waals surface area contributed by atoms with Gasteiger partial charge in [-0.1, -0.05) is 6.07 Å². The normalized spacial score (nSPS) is 12.8. The average molecular weight is 349 g/mol. The van der Waals surface area contributed by atoms with Gasteiger partial charge in [-0.25, -0.2) is 0 Å². The molecule has 0 fully saturated rings. The average Bonchev–Trinajstić information content (AvgIpc) is 2.50. The van der Waals surface area contributed by atoms with Crippen LogP contribution in [0.4, 0.5) is 11.4 Å². The number of nitrogen functional groups attached to an aromatic ring is 1. The molecule has 1 heterocycles. The van der Waals surface area contributed by atoms with Crippen molar-refractivity contribution in [2.24, 2.45) is 0 Å². The molecule has 21 heavy (non-hydrogen) atoms. The molecule has 1 aliphatic rings. The molecule has 3 N–H and O–H groups in total. The highest BCUT2D eigenvalue weighted by Gasteiger charge is 2.20. The number of rotatable bonds is 2. The Balaban J connectivity index is 1.87. The quantitative estimate of drug-likeness (QED) is 0.818. The summed E-state index contributed by atoms with van der Waals surface area (Å²) in [5.74, 6) is 0.801. The van der Waals surface area contributed by atoms with Crippen LogP contribution in [0.25, 0.3) is 0 Å². The first kappa shape index (κ1) is 13.8. The van der Waals surface area contributed by atoms with E-state index >= 15 is 0 Å². The van der Waals surface area contributed by atoms with Gasteiger partial charge in [0.15, 0.2) is 11.5 Å². The highest BCUT2D eigenvalue weighted by atomic mass is 79.9. The van der Waals surface area contributed by atoms with Gasteiger partial charge in [-0.2, -0.15) is 0 Å². The fourth-order valence-corrected chi connectivity index (χ4v) is 2.32. The van der Waals surface area contributed by atoms with E-state index in [1.807, 2.05) is 0 Å². The van der Waals surface area contributed by atoms with Gasteiger partial charge in [-0.05, 0) is 46.3 Å². The molecule has 5 nitrogen and oxygen atoms in total. The zero-order valence-corrected chi connectivity index (χ0v) is 12.6. The molecule has 0 radical (unpaired) electrons. The Kier molecular flexibility index (Phi) is 3.70. The van der Waals surface area contributed by atoms with Crippen LogP contribution in [0.15, 0.2) is 40.9 Å². The maximum atomic E-state index is 12.4. The minimum Gasteiger partial charge on any atom is -0.486 e. The Morgan fingerprint density at radius 2 is 2.00 bits per heavy atom. The molecular formula is C15H13BrN2O3. The second kappa shape index (κ2) is 5.65. The number of halogens is 1. The molecule has 0 saturated carbocycles. The van der Waals surface area contributed by atoms with Crippen LogP contribution < -0.4 is 20.5 Å². The summed E-state index contributed by atoms with van der Waals surface area (Å²) in [5.41, 5.74) is 7.42. The molecule has 1 aliphatic heterocycles. The maximum absolute atomic E-state index is 12.4. The van der Waals surface area contributed by atoms with Crippen LogP contribution in [0.2, 0.25) is 0 Å². The molecule has 3 rings (SSSR count). The van der Waals surface area contributed by atoms with Gasteiger partial charge < -0.3 is 20.5 Å². The zero-order chi connectivity index (χ0) is 14.8. The van der Waals surface area contributed by atoms with Crippen molar-refractivity contribution in [1.82, 2.24) is 0 Å². The van der Waals surface area contributed by atoms with E-state index in [2.05, 4.69) is 21.2 Å². The summed E-state index contributed by atoms with van der Waals surface area (Å²) < 4.78 is 11.8. The standard InChI is InChI=1S/C15H13BrN2O3/c16-11-5-4-9(8-12(11)17)18-15(19)10-2-1-3-13-14(10)21-7-6-20-13/h1-5,8H,6-7,17H2,(H,18,19). The second-order valence-electron chi connectivity index (χ2n) is 4.52. The largest absolute Gasteiger partial charge is 0.486 e. The first-order valence-corrected chi connectivity index (χ1v) is 7.19. The van der Waals surface area contributed by atoms with Crippen LogP contribution in [0.1, 0.15) is 10.4 Å². The van der Waals surface area contributed by atoms with E-state index in [1.165, 1.54) is 0 Å². The maximum Gasteiger partial charge on any atom is 0.259 e. The Labute approximate surface area is 130 Å². The van der Waals surface area contributed by atoms with Gasteiger partial charge in [0.1, 0.15) is 13.2 Å². The third kappa shape index (κ3) is 2.80. The third-order valence-corrected chi connectivity index (χ3v) is 3.79. The molecule has 108 valence electrons. The van der Waals surface area contributed by atoms with Crippen molar-refractivity contribution in [3.8, 4) is 11.5 Å². The number of ether oxygens (including phenoxy) is 2. The zero-order valence-electron chi connectivity index (χ0n) is 11.1. The number of benzene rings is 2. The Hall–Kier alpha value is -2.21. The summed E-state index contributed by atoms with van der Waals surface area (Å²) in [6.45, 7) is 0.920. The van der Waals surface area contributed by atoms with Gasteiger partial charge in [-0.3, -0.25) is 4.79 Å². The predicted molar refractivity (Wildman–Crippen MR) is 83.9 cm³/mol. The molecule has 0 saturated heterocycles. The molecular weight excluding hydrogens is 336 g/mol. The van der Waals surface area contributed by atoms with Crippen LogP contribution in [0.5, 0.6) is 11.5 Å². The van der Waals surface area contributed by atoms with Crippen LogP contribution in [0, 0.1) is 0 Å². The monoisotopic (exact) mass is 348 g/mol. The minimum absolute atomic E-state index is 0.265. The van der Waals surface area contributed by atoms with E-state index in [4.69, 9.17) is 15.2 Å². The van der Waals surface area contributed by atoms with Gasteiger partial charge in [0.05, 0.1) is 5.56 Å². The minimum atomic E-state index is -0.265. The summed E-state index contributed by atoms with van der Waals surface area (Å²) in [7, 11) is 0. The van der Waals surface area contributed by atoms with Crippen molar-refractivity contribution in [3.63, 3.8) is 0 Å². The highest BCUT2D eigenvalue weighted by molar-refractivity contribution is 9.10. The molecule has 1 amide bonds. The molecule has 0 atom stereocenters. The SMILES string of the molecule is Nc1cc(NC(=O)c2cccc3c2OCCO3)ccc1Br. The summed E-state index contributed by atoms with van der Waals surface area (Å²) in [4.78, 5) is 12.4. The van der Waals surface area contributed by atoms with Crippen molar-refractivity contribution in [2.45, 2.75) is 0 Å². The van der Waals surface area contributed by atoms with Gasteiger partial charge in [0.25, 0.3) is 5.91 Å². The molecule has 0 spiro atoms. The Bertz CT molecular complexity index is 703. The molecule has 0 unspecified atom stereocenters. The first-order valence-electron chi connectivity index (χ1n) is 6.40. The molecule has 0 bridgehead atoms. The summed E-state index contributed by atoms with van der Waals surface area (Å²) in [5, 5.41) is 2.80. The Morgan fingerprint density at radius 3 is 2.81 bits per heavy atom. The molecule has 0 aromatic heterocycles. The Morgan fingerprint density at radius 1 is 1.19 bits per heavy atom. The number of carbonyl (C=O) groups excluding carboxylic acids is 1. The van der Waals surface area contributed by atoms with Crippen molar-refractivity contribution in [3.05, 3.63) is 46.4 Å². The number of amides is 1. The highest BCUT2D eigenvalue weighted by Crippen LogP contribution is 2.34. The predicted octanol–water partition coefficient (Wildman–Crippen LogP) is 3.05. The molecule has 2 aromatic carbocycles. The van der Waals surface area contributed by atoms with E-state index < -0.39 is 0 Å². The molecule has 2 aromatic rings. The van der Waals surface area contributed by atoms with E-state index in [-0.39, 0.29) is 5.91 Å². The van der Waals surface area contributed by atoms with Gasteiger partial charge in [0, 0.05) is 15.8 Å². The number of para-hydroxylation sites is 1. The number of nitrogens with two attached hydrogens (primary N) is 1. The van der Waals surface area contributed by atoms with Gasteiger partial charge in [-0.15, -0.1) is 0 Å². The fraction of sp³-hybridized carbons (Fsp3) is 0.133. The molecule has 0 aliphatic carbocycles. The van der Waals surface area contributed by atoms with Crippen LogP contribution >= 0.6 is 15.9 Å². The third-order valence-electron chi connectivity index (χ3n) is 3.06. The van der Waals surface area contributed by atoms with Gasteiger partial charge >= 0.3 is 0 Å². The van der Waals surface area contributed by atoms with E-state index in [0.717, 1.165) is 4.47 Å². The number of carbonyl (C=O) groups is 1. The van der Waals surface area contributed by atoms with Crippen molar-refractivity contribution in [2.75, 3.05) is 24.3 Å². The van der Waals surface area contributed by atoms with E-state index in [9.17, 15) is 4.79 Å². The van der Waals surface area contributed by atoms with Crippen molar-refractivity contribution < 1.29 is 14.3 Å². The topological polar surface area (TPSA) is 73.6 Å². The van der Waals surface area contributed by atoms with E-state index in [0.29, 0.717) is 41.7 Å². The number of hydrogen-bond acceptors (Lipinski definition) is 4. The van der Waals surface area contributed by atoms with Crippen LogP contribution in [-0.2, 0) is 0 Å². The first-order chi connectivity index (χ1) is 10.1.